The van der Waals surface area contributed by atoms with Gasteiger partial charge in [0.15, 0.2) is 0 Å². The Hall–Kier alpha value is -2.74. The van der Waals surface area contributed by atoms with Crippen LogP contribution in [-0.2, 0) is 14.3 Å². The Bertz CT molecular complexity index is 899. The molecule has 1 heterocycles. The lowest BCUT2D eigenvalue weighted by molar-refractivity contribution is -0.135. The Morgan fingerprint density at radius 3 is 2.50 bits per heavy atom. The first kappa shape index (κ1) is 18.1. The number of amides is 1. The molecule has 0 saturated heterocycles. The molecule has 2 aromatic rings. The van der Waals surface area contributed by atoms with Gasteiger partial charge in [0.25, 0.3) is 0 Å². The Balaban J connectivity index is 2.00. The molecule has 0 fully saturated rings. The summed E-state index contributed by atoms with van der Waals surface area (Å²) in [6.45, 7) is 2.63. The molecular formula is C18H14BrFN2O4. The molecule has 1 aliphatic rings. The van der Waals surface area contributed by atoms with E-state index in [4.69, 9.17) is 9.47 Å². The zero-order valence-corrected chi connectivity index (χ0v) is 15.5. The van der Waals surface area contributed by atoms with Crippen molar-refractivity contribution in [1.82, 2.24) is 5.01 Å². The van der Waals surface area contributed by atoms with Crippen LogP contribution in [0.25, 0.3) is 0 Å². The Morgan fingerprint density at radius 1 is 1.19 bits per heavy atom. The van der Waals surface area contributed by atoms with Crippen molar-refractivity contribution in [1.29, 1.82) is 0 Å². The summed E-state index contributed by atoms with van der Waals surface area (Å²) in [4.78, 5) is 23.3. The van der Waals surface area contributed by atoms with Crippen LogP contribution in [0.4, 0.5) is 4.39 Å². The second kappa shape index (κ2) is 7.25. The Morgan fingerprint density at radius 2 is 1.88 bits per heavy atom. The van der Waals surface area contributed by atoms with Gasteiger partial charge in [-0.1, -0.05) is 28.1 Å². The van der Waals surface area contributed by atoms with Crippen molar-refractivity contribution in [2.24, 2.45) is 5.10 Å². The molecule has 0 spiro atoms. The maximum Gasteiger partial charge on any atom is 0.308 e. The van der Waals surface area contributed by atoms with E-state index in [0.29, 0.717) is 15.6 Å². The molecule has 0 N–H and O–H groups in total. The fourth-order valence-electron chi connectivity index (χ4n) is 2.43. The lowest BCUT2D eigenvalue weighted by Crippen LogP contribution is -2.25. The molecule has 134 valence electrons. The van der Waals surface area contributed by atoms with E-state index in [9.17, 15) is 14.0 Å². The molecule has 0 aromatic heterocycles. The van der Waals surface area contributed by atoms with Gasteiger partial charge < -0.3 is 9.47 Å². The number of halogens is 2. The van der Waals surface area contributed by atoms with E-state index in [1.807, 2.05) is 0 Å². The van der Waals surface area contributed by atoms with Gasteiger partial charge in [-0.05, 0) is 30.3 Å². The molecule has 0 radical (unpaired) electrons. The minimum Gasteiger partial charge on any atom is -0.446 e. The van der Waals surface area contributed by atoms with E-state index in [2.05, 4.69) is 21.0 Å². The first-order valence-corrected chi connectivity index (χ1v) is 8.43. The molecule has 1 atom stereocenters. The summed E-state index contributed by atoms with van der Waals surface area (Å²) in [5.74, 6) is -0.870. The summed E-state index contributed by atoms with van der Waals surface area (Å²) in [7, 11) is 0. The third kappa shape index (κ3) is 3.75. The quantitative estimate of drug-likeness (QED) is 0.559. The van der Waals surface area contributed by atoms with Crippen molar-refractivity contribution in [3.63, 3.8) is 0 Å². The van der Waals surface area contributed by atoms with Crippen molar-refractivity contribution in [3.8, 4) is 5.75 Å². The largest absolute Gasteiger partial charge is 0.446 e. The Labute approximate surface area is 157 Å². The zero-order valence-electron chi connectivity index (χ0n) is 13.9. The predicted molar refractivity (Wildman–Crippen MR) is 94.7 cm³/mol. The molecule has 0 unspecified atom stereocenters. The highest BCUT2D eigenvalue weighted by Crippen LogP contribution is 2.34. The highest BCUT2D eigenvalue weighted by atomic mass is 79.9. The highest BCUT2D eigenvalue weighted by Gasteiger charge is 2.34. The van der Waals surface area contributed by atoms with Crippen LogP contribution in [0.3, 0.4) is 0 Å². The van der Waals surface area contributed by atoms with Crippen LogP contribution >= 0.6 is 15.9 Å². The van der Waals surface area contributed by atoms with Gasteiger partial charge in [0, 0.05) is 23.9 Å². The number of benzene rings is 2. The van der Waals surface area contributed by atoms with Gasteiger partial charge in [0.1, 0.15) is 11.6 Å². The smallest absolute Gasteiger partial charge is 0.308 e. The topological polar surface area (TPSA) is 68.2 Å². The Kier molecular flexibility index (Phi) is 5.03. The second-order valence-electron chi connectivity index (χ2n) is 5.52. The number of hydrogen-bond acceptors (Lipinski definition) is 5. The van der Waals surface area contributed by atoms with E-state index in [0.717, 1.165) is 5.01 Å². The van der Waals surface area contributed by atoms with Crippen LogP contribution in [0.2, 0.25) is 0 Å². The molecule has 2 aromatic carbocycles. The van der Waals surface area contributed by atoms with Crippen molar-refractivity contribution in [3.05, 3.63) is 63.9 Å². The summed E-state index contributed by atoms with van der Waals surface area (Å²) in [5, 5.41) is 5.37. The molecule has 1 aliphatic heterocycles. The number of nitrogens with zero attached hydrogens (tertiary/aromatic N) is 2. The normalized spacial score (nSPS) is 16.1. The standard InChI is InChI=1S/C18H14BrFN2O4/c1-10(23)22-18(12-3-6-14(20)7-4-12)26-17(21-22)15-9-13(19)5-8-16(15)25-11(2)24/h3-9,18H,1-2H3/t18-/m1/s1. The molecule has 0 bridgehead atoms. The molecular weight excluding hydrogens is 407 g/mol. The number of esters is 1. The summed E-state index contributed by atoms with van der Waals surface area (Å²) < 4.78 is 24.9. The zero-order chi connectivity index (χ0) is 18.8. The third-order valence-corrected chi connectivity index (χ3v) is 4.04. The van der Waals surface area contributed by atoms with Gasteiger partial charge in [-0.25, -0.2) is 4.39 Å². The van der Waals surface area contributed by atoms with Crippen LogP contribution < -0.4 is 4.74 Å². The van der Waals surface area contributed by atoms with Crippen LogP contribution in [0.5, 0.6) is 5.75 Å². The van der Waals surface area contributed by atoms with E-state index < -0.39 is 18.0 Å². The number of carbonyl (C=O) groups is 2. The molecule has 3 rings (SSSR count). The van der Waals surface area contributed by atoms with E-state index in [-0.39, 0.29) is 17.6 Å². The average molecular weight is 421 g/mol. The van der Waals surface area contributed by atoms with Crippen LogP contribution in [0.15, 0.2) is 52.0 Å². The van der Waals surface area contributed by atoms with Crippen molar-refractivity contribution in [2.45, 2.75) is 20.1 Å². The second-order valence-corrected chi connectivity index (χ2v) is 6.44. The number of carbonyl (C=O) groups excluding carboxylic acids is 2. The molecule has 1 amide bonds. The van der Waals surface area contributed by atoms with Gasteiger partial charge in [-0.15, -0.1) is 5.10 Å². The minimum atomic E-state index is -0.841. The van der Waals surface area contributed by atoms with Gasteiger partial charge in [0.2, 0.25) is 18.0 Å². The van der Waals surface area contributed by atoms with Crippen molar-refractivity contribution in [2.75, 3.05) is 0 Å². The van der Waals surface area contributed by atoms with Gasteiger partial charge in [-0.3, -0.25) is 9.59 Å². The average Bonchev–Trinajstić information content (AvgIpc) is 3.02. The number of hydrogen-bond donors (Lipinski definition) is 0. The lowest BCUT2D eigenvalue weighted by atomic mass is 10.2. The first-order valence-electron chi connectivity index (χ1n) is 7.64. The van der Waals surface area contributed by atoms with Crippen molar-refractivity contribution < 1.29 is 23.5 Å². The predicted octanol–water partition coefficient (Wildman–Crippen LogP) is 3.75. The highest BCUT2D eigenvalue weighted by molar-refractivity contribution is 9.10. The summed E-state index contributed by atoms with van der Waals surface area (Å²) in [5.41, 5.74) is 0.967. The number of rotatable bonds is 3. The summed E-state index contributed by atoms with van der Waals surface area (Å²) >= 11 is 3.35. The minimum absolute atomic E-state index is 0.118. The van der Waals surface area contributed by atoms with Crippen LogP contribution in [0, 0.1) is 5.82 Å². The fraction of sp³-hybridized carbons (Fsp3) is 0.167. The molecule has 0 saturated carbocycles. The lowest BCUT2D eigenvalue weighted by Gasteiger charge is -2.19. The monoisotopic (exact) mass is 420 g/mol. The molecule has 26 heavy (non-hydrogen) atoms. The molecule has 6 nitrogen and oxygen atoms in total. The van der Waals surface area contributed by atoms with Crippen LogP contribution in [-0.4, -0.2) is 22.8 Å². The third-order valence-electron chi connectivity index (χ3n) is 3.55. The number of ether oxygens (including phenoxy) is 2. The van der Waals surface area contributed by atoms with Gasteiger partial charge in [-0.2, -0.15) is 5.01 Å². The molecule has 0 aliphatic carbocycles. The van der Waals surface area contributed by atoms with E-state index in [1.54, 1.807) is 18.2 Å². The SMILES string of the molecule is CC(=O)Oc1ccc(Br)cc1C1=NN(C(C)=O)[C@@H](c2ccc(F)cc2)O1. The van der Waals surface area contributed by atoms with E-state index >= 15 is 0 Å². The van der Waals surface area contributed by atoms with Gasteiger partial charge in [0.05, 0.1) is 5.56 Å². The number of hydrazone groups is 1. The van der Waals surface area contributed by atoms with Gasteiger partial charge >= 0.3 is 5.97 Å². The summed E-state index contributed by atoms with van der Waals surface area (Å²) in [6.07, 6.45) is -0.841. The van der Waals surface area contributed by atoms with Crippen molar-refractivity contribution >= 4 is 33.7 Å². The summed E-state index contributed by atoms with van der Waals surface area (Å²) in [6, 6.07) is 10.6. The first-order chi connectivity index (χ1) is 12.3. The van der Waals surface area contributed by atoms with E-state index in [1.165, 1.54) is 38.1 Å². The maximum absolute atomic E-state index is 13.2. The maximum atomic E-state index is 13.2. The van der Waals surface area contributed by atoms with Crippen LogP contribution in [0.1, 0.15) is 31.2 Å². The fourth-order valence-corrected chi connectivity index (χ4v) is 2.79. The molecule has 8 heteroatoms.